The maximum Gasteiger partial charge on any atom is 0.220 e. The van der Waals surface area contributed by atoms with Gasteiger partial charge in [-0.1, -0.05) is 24.7 Å². The number of nitrogens with one attached hydrogen (secondary N) is 1. The van der Waals surface area contributed by atoms with E-state index in [1.165, 1.54) is 19.3 Å². The molecule has 20 heavy (non-hydrogen) atoms. The van der Waals surface area contributed by atoms with Gasteiger partial charge in [-0.2, -0.15) is 0 Å². The summed E-state index contributed by atoms with van der Waals surface area (Å²) in [5, 5.41) is 13.0. The predicted octanol–water partition coefficient (Wildman–Crippen LogP) is 1.98. The van der Waals surface area contributed by atoms with E-state index in [9.17, 15) is 4.79 Å². The van der Waals surface area contributed by atoms with E-state index in [1.54, 1.807) is 11.3 Å². The van der Waals surface area contributed by atoms with Gasteiger partial charge in [-0.05, 0) is 39.3 Å². The Kier molecular flexibility index (Phi) is 5.91. The minimum atomic E-state index is 0.122. The van der Waals surface area contributed by atoms with Crippen molar-refractivity contribution in [2.75, 3.05) is 13.6 Å². The third-order valence-corrected chi connectivity index (χ3v) is 4.94. The molecule has 1 fully saturated rings. The highest BCUT2D eigenvalue weighted by Crippen LogP contribution is 2.18. The molecule has 1 aliphatic heterocycles. The highest BCUT2D eigenvalue weighted by molar-refractivity contribution is 7.11. The van der Waals surface area contributed by atoms with Crippen LogP contribution in [-0.4, -0.2) is 40.6 Å². The largest absolute Gasteiger partial charge is 0.350 e. The van der Waals surface area contributed by atoms with E-state index in [0.29, 0.717) is 19.0 Å². The topological polar surface area (TPSA) is 58.1 Å². The van der Waals surface area contributed by atoms with E-state index in [-0.39, 0.29) is 5.91 Å². The Morgan fingerprint density at radius 3 is 2.90 bits per heavy atom. The zero-order valence-electron chi connectivity index (χ0n) is 12.4. The van der Waals surface area contributed by atoms with Crippen LogP contribution in [0.2, 0.25) is 0 Å². The maximum absolute atomic E-state index is 11.9. The van der Waals surface area contributed by atoms with Gasteiger partial charge in [0.15, 0.2) is 0 Å². The van der Waals surface area contributed by atoms with Crippen molar-refractivity contribution in [3.63, 3.8) is 0 Å². The Morgan fingerprint density at radius 1 is 1.40 bits per heavy atom. The lowest BCUT2D eigenvalue weighted by atomic mass is 9.98. The number of amides is 1. The number of hydrogen-bond donors (Lipinski definition) is 1. The summed E-state index contributed by atoms with van der Waals surface area (Å²) < 4.78 is 0. The van der Waals surface area contributed by atoms with Crippen LogP contribution < -0.4 is 5.32 Å². The second kappa shape index (κ2) is 7.69. The summed E-state index contributed by atoms with van der Waals surface area (Å²) in [6.45, 7) is 3.73. The summed E-state index contributed by atoms with van der Waals surface area (Å²) >= 11 is 1.58. The van der Waals surface area contributed by atoms with Gasteiger partial charge in [0.05, 0.1) is 6.54 Å². The van der Waals surface area contributed by atoms with Gasteiger partial charge in [0.25, 0.3) is 0 Å². The normalized spacial score (nSPS) is 20.0. The average molecular weight is 296 g/mol. The Bertz CT molecular complexity index is 435. The summed E-state index contributed by atoms with van der Waals surface area (Å²) in [6.07, 6.45) is 6.27. The molecule has 2 rings (SSSR count). The number of aromatic nitrogens is 2. The van der Waals surface area contributed by atoms with Crippen molar-refractivity contribution in [1.82, 2.24) is 20.4 Å². The molecule has 0 bridgehead atoms. The van der Waals surface area contributed by atoms with Crippen LogP contribution in [0.4, 0.5) is 0 Å². The second-order valence-electron chi connectivity index (χ2n) is 5.39. The minimum absolute atomic E-state index is 0.122. The first-order valence-corrected chi connectivity index (χ1v) is 8.29. The number of piperidine rings is 1. The van der Waals surface area contributed by atoms with E-state index in [2.05, 4.69) is 34.4 Å². The molecule has 1 N–H and O–H groups in total. The Hall–Kier alpha value is -1.01. The van der Waals surface area contributed by atoms with E-state index in [4.69, 9.17) is 0 Å². The van der Waals surface area contributed by atoms with Crippen LogP contribution in [0.1, 0.15) is 49.0 Å². The van der Waals surface area contributed by atoms with E-state index in [1.807, 2.05) is 0 Å². The van der Waals surface area contributed by atoms with Crippen LogP contribution in [0.15, 0.2) is 0 Å². The molecule has 0 radical (unpaired) electrons. The van der Waals surface area contributed by atoms with Crippen molar-refractivity contribution in [1.29, 1.82) is 0 Å². The summed E-state index contributed by atoms with van der Waals surface area (Å²) in [5.41, 5.74) is 0. The molecule has 6 heteroatoms. The molecule has 1 aliphatic rings. The second-order valence-corrected chi connectivity index (χ2v) is 6.54. The van der Waals surface area contributed by atoms with Crippen molar-refractivity contribution in [3.05, 3.63) is 10.0 Å². The molecule has 0 aliphatic carbocycles. The summed E-state index contributed by atoms with van der Waals surface area (Å²) in [4.78, 5) is 14.3. The number of nitrogens with zero attached hydrogens (tertiary/aromatic N) is 3. The molecule has 1 aromatic rings. The van der Waals surface area contributed by atoms with Gasteiger partial charge in [0, 0.05) is 12.5 Å². The molecule has 0 saturated carbocycles. The molecule has 1 saturated heterocycles. The van der Waals surface area contributed by atoms with Gasteiger partial charge in [0.1, 0.15) is 10.0 Å². The van der Waals surface area contributed by atoms with Crippen LogP contribution in [0, 0.1) is 0 Å². The molecular formula is C14H24N4OS. The van der Waals surface area contributed by atoms with Gasteiger partial charge < -0.3 is 10.2 Å². The van der Waals surface area contributed by atoms with Crippen LogP contribution in [0.5, 0.6) is 0 Å². The Morgan fingerprint density at radius 2 is 2.20 bits per heavy atom. The molecule has 1 atom stereocenters. The van der Waals surface area contributed by atoms with Crippen LogP contribution in [-0.2, 0) is 17.8 Å². The molecule has 112 valence electrons. The molecule has 1 amide bonds. The Balaban J connectivity index is 1.67. The highest BCUT2D eigenvalue weighted by Gasteiger charge is 2.19. The van der Waals surface area contributed by atoms with E-state index < -0.39 is 0 Å². The van der Waals surface area contributed by atoms with Crippen molar-refractivity contribution >= 4 is 17.2 Å². The van der Waals surface area contributed by atoms with Gasteiger partial charge in [-0.25, -0.2) is 0 Å². The lowest BCUT2D eigenvalue weighted by molar-refractivity contribution is -0.121. The van der Waals surface area contributed by atoms with Crippen LogP contribution >= 0.6 is 11.3 Å². The zero-order chi connectivity index (χ0) is 14.4. The quantitative estimate of drug-likeness (QED) is 0.872. The lowest BCUT2D eigenvalue weighted by Gasteiger charge is -2.32. The lowest BCUT2D eigenvalue weighted by Crippen LogP contribution is -2.37. The minimum Gasteiger partial charge on any atom is -0.350 e. The molecule has 5 nitrogen and oxygen atoms in total. The number of carbonyl (C=O) groups is 1. The van der Waals surface area contributed by atoms with Crippen LogP contribution in [0.3, 0.4) is 0 Å². The van der Waals surface area contributed by atoms with Crippen molar-refractivity contribution in [2.24, 2.45) is 0 Å². The van der Waals surface area contributed by atoms with Crippen molar-refractivity contribution < 1.29 is 4.79 Å². The summed E-state index contributed by atoms with van der Waals surface area (Å²) in [7, 11) is 2.16. The third-order valence-electron chi connectivity index (χ3n) is 3.87. The fourth-order valence-electron chi connectivity index (χ4n) is 2.57. The first kappa shape index (κ1) is 15.4. The summed E-state index contributed by atoms with van der Waals surface area (Å²) in [5.74, 6) is 0.122. The fourth-order valence-corrected chi connectivity index (χ4v) is 3.30. The summed E-state index contributed by atoms with van der Waals surface area (Å²) in [6, 6.07) is 0.572. The molecule has 0 aromatic carbocycles. The van der Waals surface area contributed by atoms with Gasteiger partial charge in [-0.15, -0.1) is 10.2 Å². The van der Waals surface area contributed by atoms with Crippen LogP contribution in [0.25, 0.3) is 0 Å². The first-order valence-electron chi connectivity index (χ1n) is 7.47. The predicted molar refractivity (Wildman–Crippen MR) is 80.6 cm³/mol. The van der Waals surface area contributed by atoms with Gasteiger partial charge >= 0.3 is 0 Å². The average Bonchev–Trinajstić information content (AvgIpc) is 2.92. The van der Waals surface area contributed by atoms with Crippen molar-refractivity contribution in [3.8, 4) is 0 Å². The highest BCUT2D eigenvalue weighted by atomic mass is 32.1. The molecule has 2 heterocycles. The number of likely N-dealkylation sites (tertiary alicyclic amines) is 1. The van der Waals surface area contributed by atoms with E-state index in [0.717, 1.165) is 29.4 Å². The van der Waals surface area contributed by atoms with E-state index >= 15 is 0 Å². The number of aryl methyl sites for hydroxylation is 1. The third kappa shape index (κ3) is 4.52. The SMILES string of the molecule is CCc1nnc(CNC(=O)CC[C@H]2CCCCN2C)s1. The molecule has 1 aromatic heterocycles. The van der Waals surface area contributed by atoms with Crippen molar-refractivity contribution in [2.45, 2.75) is 58.0 Å². The maximum atomic E-state index is 11.9. The number of carbonyl (C=O) groups excluding carboxylic acids is 1. The number of hydrogen-bond acceptors (Lipinski definition) is 5. The molecule has 0 spiro atoms. The zero-order valence-corrected chi connectivity index (χ0v) is 13.2. The fraction of sp³-hybridized carbons (Fsp3) is 0.786. The number of rotatable bonds is 6. The van der Waals surface area contributed by atoms with Gasteiger partial charge in [0.2, 0.25) is 5.91 Å². The standard InChI is InChI=1S/C14H24N4OS/c1-3-13-16-17-14(20-13)10-15-12(19)8-7-11-6-4-5-9-18(11)2/h11H,3-10H2,1-2H3,(H,15,19)/t11-/m1/s1. The first-order chi connectivity index (χ1) is 9.69. The Labute approximate surface area is 124 Å². The smallest absolute Gasteiger partial charge is 0.220 e. The molecule has 0 unspecified atom stereocenters. The van der Waals surface area contributed by atoms with Gasteiger partial charge in [-0.3, -0.25) is 4.79 Å². The monoisotopic (exact) mass is 296 g/mol. The molecular weight excluding hydrogens is 272 g/mol.